The number of benzene rings is 2. The molecule has 0 heterocycles. The van der Waals surface area contributed by atoms with Crippen molar-refractivity contribution in [2.75, 3.05) is 6.61 Å². The number of nitrogens with zero attached hydrogens (tertiary/aromatic N) is 1. The molecule has 0 fully saturated rings. The van der Waals surface area contributed by atoms with Gasteiger partial charge in [0.05, 0.1) is 11.6 Å². The van der Waals surface area contributed by atoms with Crippen molar-refractivity contribution in [3.05, 3.63) is 71.6 Å². The Balaban J connectivity index is 1.73. The second-order valence-corrected chi connectivity index (χ2v) is 4.85. The molecule has 0 radical (unpaired) electrons. The fraction of sp³-hybridized carbons (Fsp3) is 0.0556. The average Bonchev–Trinajstić information content (AvgIpc) is 2.63. The highest BCUT2D eigenvalue weighted by Crippen LogP contribution is 2.11. The van der Waals surface area contributed by atoms with Crippen LogP contribution < -0.4 is 15.6 Å². The van der Waals surface area contributed by atoms with Crippen LogP contribution in [0.15, 0.2) is 54.6 Å². The van der Waals surface area contributed by atoms with Crippen LogP contribution in [0.5, 0.6) is 5.75 Å². The second kappa shape index (κ2) is 8.84. The van der Waals surface area contributed by atoms with Crippen LogP contribution in [-0.4, -0.2) is 18.4 Å². The lowest BCUT2D eigenvalue weighted by molar-refractivity contribution is -0.128. The first kappa shape index (κ1) is 17.7. The van der Waals surface area contributed by atoms with E-state index in [1.165, 1.54) is 24.3 Å². The number of ether oxygens (including phenoxy) is 1. The molecule has 126 valence electrons. The zero-order valence-electron chi connectivity index (χ0n) is 13.0. The Bertz CT molecular complexity index is 826. The summed E-state index contributed by atoms with van der Waals surface area (Å²) < 4.78 is 18.2. The van der Waals surface area contributed by atoms with E-state index in [1.807, 2.05) is 6.07 Å². The maximum atomic E-state index is 13.0. The van der Waals surface area contributed by atoms with Gasteiger partial charge in [0.25, 0.3) is 11.8 Å². The van der Waals surface area contributed by atoms with Gasteiger partial charge in [0.2, 0.25) is 0 Å². The van der Waals surface area contributed by atoms with Crippen molar-refractivity contribution in [1.29, 1.82) is 5.26 Å². The minimum absolute atomic E-state index is 0.306. The lowest BCUT2D eigenvalue weighted by Crippen LogP contribution is -2.43. The Kier molecular flexibility index (Phi) is 6.25. The van der Waals surface area contributed by atoms with Crippen molar-refractivity contribution in [1.82, 2.24) is 10.9 Å². The molecule has 0 aromatic heterocycles. The summed E-state index contributed by atoms with van der Waals surface area (Å²) in [6.07, 6.45) is 2.58. The van der Waals surface area contributed by atoms with Gasteiger partial charge >= 0.3 is 0 Å². The van der Waals surface area contributed by atoms with E-state index in [4.69, 9.17) is 10.00 Å². The Morgan fingerprint density at radius 3 is 2.60 bits per heavy atom. The van der Waals surface area contributed by atoms with Crippen LogP contribution in [0.25, 0.3) is 6.08 Å². The molecule has 6 nitrogen and oxygen atoms in total. The molecule has 2 amide bonds. The molecule has 2 N–H and O–H groups in total. The Hall–Kier alpha value is -3.66. The fourth-order valence-electron chi connectivity index (χ4n) is 1.77. The number of hydrazine groups is 1. The van der Waals surface area contributed by atoms with Gasteiger partial charge in [-0.15, -0.1) is 0 Å². The van der Waals surface area contributed by atoms with Crippen molar-refractivity contribution >= 4 is 17.9 Å². The summed E-state index contributed by atoms with van der Waals surface area (Å²) >= 11 is 0. The number of rotatable bonds is 5. The van der Waals surface area contributed by atoms with Gasteiger partial charge in [-0.25, -0.2) is 4.39 Å². The van der Waals surface area contributed by atoms with Crippen LogP contribution in [0.1, 0.15) is 11.1 Å². The van der Waals surface area contributed by atoms with E-state index >= 15 is 0 Å². The van der Waals surface area contributed by atoms with Gasteiger partial charge in [-0.05, 0) is 48.0 Å². The van der Waals surface area contributed by atoms with Crippen LogP contribution in [-0.2, 0) is 9.59 Å². The van der Waals surface area contributed by atoms with Crippen LogP contribution in [0.2, 0.25) is 0 Å². The Morgan fingerprint density at radius 1 is 1.16 bits per heavy atom. The number of halogens is 1. The minimum atomic E-state index is -0.573. The molecular formula is C18H14FN3O3. The third kappa shape index (κ3) is 6.15. The summed E-state index contributed by atoms with van der Waals surface area (Å²) in [4.78, 5) is 23.2. The number of hydrogen-bond donors (Lipinski definition) is 2. The number of carbonyl (C=O) groups excluding carboxylic acids is 2. The van der Waals surface area contributed by atoms with Gasteiger partial charge in [0.1, 0.15) is 11.6 Å². The smallest absolute Gasteiger partial charge is 0.276 e. The normalized spacial score (nSPS) is 10.1. The molecule has 0 aliphatic rings. The lowest BCUT2D eigenvalue weighted by atomic mass is 10.2. The molecule has 0 spiro atoms. The largest absolute Gasteiger partial charge is 0.484 e. The monoisotopic (exact) mass is 339 g/mol. The van der Waals surface area contributed by atoms with E-state index < -0.39 is 17.6 Å². The molecule has 0 aliphatic heterocycles. The third-order valence-corrected chi connectivity index (χ3v) is 2.95. The summed E-state index contributed by atoms with van der Waals surface area (Å²) in [6, 6.07) is 13.9. The molecule has 0 saturated carbocycles. The molecule has 0 saturated heterocycles. The Labute approximate surface area is 143 Å². The molecule has 7 heteroatoms. The van der Waals surface area contributed by atoms with Crippen molar-refractivity contribution in [3.8, 4) is 11.8 Å². The minimum Gasteiger partial charge on any atom is -0.484 e. The fourth-order valence-corrected chi connectivity index (χ4v) is 1.77. The lowest BCUT2D eigenvalue weighted by Gasteiger charge is -2.07. The van der Waals surface area contributed by atoms with E-state index in [2.05, 4.69) is 10.9 Å². The van der Waals surface area contributed by atoms with E-state index in [1.54, 1.807) is 30.3 Å². The Morgan fingerprint density at radius 2 is 1.92 bits per heavy atom. The third-order valence-electron chi connectivity index (χ3n) is 2.95. The molecular weight excluding hydrogens is 325 g/mol. The van der Waals surface area contributed by atoms with Gasteiger partial charge < -0.3 is 4.74 Å². The summed E-state index contributed by atoms with van der Waals surface area (Å²) in [5.41, 5.74) is 5.36. The number of carbonyl (C=O) groups is 2. The van der Waals surface area contributed by atoms with Crippen LogP contribution in [0, 0.1) is 17.1 Å². The highest BCUT2D eigenvalue weighted by molar-refractivity contribution is 5.93. The standard InChI is InChI=1S/C18H14FN3O3/c19-15-3-1-2-13(10-15)6-9-17(23)21-22-18(24)12-25-16-7-4-14(11-20)5-8-16/h1-10H,12H2,(H,21,23)(H,22,24). The van der Waals surface area contributed by atoms with Crippen molar-refractivity contribution in [2.45, 2.75) is 0 Å². The van der Waals surface area contributed by atoms with Crippen molar-refractivity contribution in [3.63, 3.8) is 0 Å². The van der Waals surface area contributed by atoms with E-state index in [-0.39, 0.29) is 6.61 Å². The summed E-state index contributed by atoms with van der Waals surface area (Å²) in [5.74, 6) is -1.12. The number of nitriles is 1. The summed E-state index contributed by atoms with van der Waals surface area (Å²) in [5, 5.41) is 8.68. The first-order valence-corrected chi connectivity index (χ1v) is 7.22. The zero-order valence-corrected chi connectivity index (χ0v) is 13.0. The van der Waals surface area contributed by atoms with Crippen LogP contribution in [0.4, 0.5) is 4.39 Å². The number of amides is 2. The average molecular weight is 339 g/mol. The van der Waals surface area contributed by atoms with Crippen LogP contribution >= 0.6 is 0 Å². The molecule has 0 unspecified atom stereocenters. The quantitative estimate of drug-likeness (QED) is 0.643. The SMILES string of the molecule is N#Cc1ccc(OCC(=O)NNC(=O)C=Cc2cccc(F)c2)cc1. The highest BCUT2D eigenvalue weighted by Gasteiger charge is 2.04. The summed E-state index contributed by atoms with van der Waals surface area (Å²) in [7, 11) is 0. The molecule has 2 aromatic carbocycles. The number of nitrogens with one attached hydrogen (secondary N) is 2. The second-order valence-electron chi connectivity index (χ2n) is 4.85. The molecule has 25 heavy (non-hydrogen) atoms. The first-order valence-electron chi connectivity index (χ1n) is 7.22. The molecule has 2 aromatic rings. The van der Waals surface area contributed by atoms with Gasteiger partial charge in [-0.2, -0.15) is 5.26 Å². The van der Waals surface area contributed by atoms with Gasteiger partial charge in [-0.3, -0.25) is 20.4 Å². The van der Waals surface area contributed by atoms with Gasteiger partial charge in [-0.1, -0.05) is 12.1 Å². The summed E-state index contributed by atoms with van der Waals surface area (Å²) in [6.45, 7) is -0.306. The van der Waals surface area contributed by atoms with E-state index in [0.29, 0.717) is 16.9 Å². The van der Waals surface area contributed by atoms with E-state index in [0.717, 1.165) is 6.08 Å². The van der Waals surface area contributed by atoms with Gasteiger partial charge in [0, 0.05) is 6.08 Å². The molecule has 0 aliphatic carbocycles. The van der Waals surface area contributed by atoms with Crippen molar-refractivity contribution < 1.29 is 18.7 Å². The predicted molar refractivity (Wildman–Crippen MR) is 88.4 cm³/mol. The highest BCUT2D eigenvalue weighted by atomic mass is 19.1. The maximum Gasteiger partial charge on any atom is 0.276 e. The van der Waals surface area contributed by atoms with E-state index in [9.17, 15) is 14.0 Å². The molecule has 0 bridgehead atoms. The van der Waals surface area contributed by atoms with Crippen LogP contribution in [0.3, 0.4) is 0 Å². The molecule has 0 atom stereocenters. The number of hydrogen-bond acceptors (Lipinski definition) is 4. The predicted octanol–water partition coefficient (Wildman–Crippen LogP) is 1.94. The maximum absolute atomic E-state index is 13.0. The first-order chi connectivity index (χ1) is 12.1. The topological polar surface area (TPSA) is 91.2 Å². The van der Waals surface area contributed by atoms with Gasteiger partial charge in [0.15, 0.2) is 6.61 Å². The van der Waals surface area contributed by atoms with Crippen molar-refractivity contribution in [2.24, 2.45) is 0 Å². The zero-order chi connectivity index (χ0) is 18.1. The molecule has 2 rings (SSSR count).